The minimum absolute atomic E-state index is 0.657. The molecule has 0 spiro atoms. The molecule has 20 heavy (non-hydrogen) atoms. The van der Waals surface area contributed by atoms with Gasteiger partial charge in [0.15, 0.2) is 0 Å². The number of aryl methyl sites for hydroxylation is 1. The molecule has 0 saturated carbocycles. The van der Waals surface area contributed by atoms with Gasteiger partial charge in [0.05, 0.1) is 23.8 Å². The Kier molecular flexibility index (Phi) is 3.76. The lowest BCUT2D eigenvalue weighted by molar-refractivity contribution is 0.491. The quantitative estimate of drug-likeness (QED) is 0.784. The van der Waals surface area contributed by atoms with Crippen molar-refractivity contribution in [3.8, 4) is 0 Å². The van der Waals surface area contributed by atoms with E-state index in [1.54, 1.807) is 6.26 Å². The minimum Gasteiger partial charge on any atom is -0.467 e. The fourth-order valence-corrected chi connectivity index (χ4v) is 2.51. The molecule has 0 atom stereocenters. The van der Waals surface area contributed by atoms with Gasteiger partial charge in [-0.2, -0.15) is 0 Å². The van der Waals surface area contributed by atoms with Crippen molar-refractivity contribution < 1.29 is 4.42 Å². The molecule has 2 N–H and O–H groups in total. The molecular formula is C15H16ClN3O. The summed E-state index contributed by atoms with van der Waals surface area (Å²) in [5.74, 6) is 1.93. The molecule has 2 aromatic heterocycles. The lowest BCUT2D eigenvalue weighted by Crippen LogP contribution is -2.07. The molecule has 1 aromatic carbocycles. The SMILES string of the molecule is NCCCc1nc2cc(Cl)ccc2n1Cc1ccco1. The Morgan fingerprint density at radius 2 is 2.20 bits per heavy atom. The van der Waals surface area contributed by atoms with Crippen LogP contribution in [-0.4, -0.2) is 16.1 Å². The van der Waals surface area contributed by atoms with Crippen molar-refractivity contribution in [2.45, 2.75) is 19.4 Å². The first kappa shape index (κ1) is 13.2. The van der Waals surface area contributed by atoms with Gasteiger partial charge >= 0.3 is 0 Å². The second-order valence-corrected chi connectivity index (χ2v) is 5.16. The van der Waals surface area contributed by atoms with E-state index in [4.69, 9.17) is 21.8 Å². The average molecular weight is 290 g/mol. The van der Waals surface area contributed by atoms with Gasteiger partial charge in [-0.05, 0) is 43.3 Å². The van der Waals surface area contributed by atoms with Crippen molar-refractivity contribution >= 4 is 22.6 Å². The summed E-state index contributed by atoms with van der Waals surface area (Å²) < 4.78 is 7.61. The van der Waals surface area contributed by atoms with Crippen molar-refractivity contribution in [1.29, 1.82) is 0 Å². The fraction of sp³-hybridized carbons (Fsp3) is 0.267. The summed E-state index contributed by atoms with van der Waals surface area (Å²) in [6.07, 6.45) is 3.45. The number of furan rings is 1. The number of rotatable bonds is 5. The highest BCUT2D eigenvalue weighted by Gasteiger charge is 2.12. The molecule has 0 unspecified atom stereocenters. The zero-order chi connectivity index (χ0) is 13.9. The number of halogens is 1. The fourth-order valence-electron chi connectivity index (χ4n) is 2.34. The number of nitrogens with zero attached hydrogens (tertiary/aromatic N) is 2. The molecule has 0 radical (unpaired) electrons. The first-order chi connectivity index (χ1) is 9.78. The predicted molar refractivity (Wildman–Crippen MR) is 79.9 cm³/mol. The Bertz CT molecular complexity index is 703. The van der Waals surface area contributed by atoms with E-state index in [1.807, 2.05) is 30.3 Å². The van der Waals surface area contributed by atoms with Crippen LogP contribution in [0.25, 0.3) is 11.0 Å². The van der Waals surface area contributed by atoms with Crippen molar-refractivity contribution in [3.63, 3.8) is 0 Å². The second-order valence-electron chi connectivity index (χ2n) is 4.72. The molecule has 3 aromatic rings. The van der Waals surface area contributed by atoms with Gasteiger partial charge < -0.3 is 14.7 Å². The van der Waals surface area contributed by atoms with Crippen LogP contribution < -0.4 is 5.73 Å². The Morgan fingerprint density at radius 1 is 1.30 bits per heavy atom. The van der Waals surface area contributed by atoms with E-state index in [9.17, 15) is 0 Å². The molecule has 5 heteroatoms. The normalized spacial score (nSPS) is 11.3. The number of fused-ring (bicyclic) bond motifs is 1. The molecule has 104 valence electrons. The number of hydrogen-bond donors (Lipinski definition) is 1. The molecule has 0 aliphatic heterocycles. The highest BCUT2D eigenvalue weighted by atomic mass is 35.5. The summed E-state index contributed by atoms with van der Waals surface area (Å²) in [5, 5.41) is 0.700. The lowest BCUT2D eigenvalue weighted by Gasteiger charge is -2.07. The van der Waals surface area contributed by atoms with Crippen molar-refractivity contribution in [2.24, 2.45) is 5.73 Å². The third kappa shape index (κ3) is 2.57. The maximum absolute atomic E-state index is 6.04. The first-order valence-electron chi connectivity index (χ1n) is 6.65. The van der Waals surface area contributed by atoms with Crippen LogP contribution in [0.3, 0.4) is 0 Å². The zero-order valence-electron chi connectivity index (χ0n) is 11.1. The summed E-state index contributed by atoms with van der Waals surface area (Å²) in [6.45, 7) is 1.33. The summed E-state index contributed by atoms with van der Waals surface area (Å²) in [4.78, 5) is 4.67. The number of nitrogens with two attached hydrogens (primary N) is 1. The number of hydrogen-bond acceptors (Lipinski definition) is 3. The van der Waals surface area contributed by atoms with E-state index in [1.165, 1.54) is 0 Å². The average Bonchev–Trinajstić information content (AvgIpc) is 3.05. The number of imidazole rings is 1. The van der Waals surface area contributed by atoms with Gasteiger partial charge in [-0.15, -0.1) is 0 Å². The van der Waals surface area contributed by atoms with Crippen LogP contribution in [0.2, 0.25) is 5.02 Å². The lowest BCUT2D eigenvalue weighted by atomic mass is 10.3. The van der Waals surface area contributed by atoms with Gasteiger partial charge in [-0.1, -0.05) is 11.6 Å². The van der Waals surface area contributed by atoms with E-state index in [0.29, 0.717) is 18.1 Å². The maximum Gasteiger partial charge on any atom is 0.123 e. The third-order valence-corrected chi connectivity index (χ3v) is 3.52. The zero-order valence-corrected chi connectivity index (χ0v) is 11.8. The monoisotopic (exact) mass is 289 g/mol. The molecule has 0 amide bonds. The van der Waals surface area contributed by atoms with Crippen LogP contribution in [-0.2, 0) is 13.0 Å². The highest BCUT2D eigenvalue weighted by molar-refractivity contribution is 6.31. The smallest absolute Gasteiger partial charge is 0.123 e. The molecule has 0 aliphatic rings. The van der Waals surface area contributed by atoms with Crippen molar-refractivity contribution in [3.05, 3.63) is 53.2 Å². The van der Waals surface area contributed by atoms with Crippen LogP contribution in [0, 0.1) is 0 Å². The Hall–Kier alpha value is -1.78. The van der Waals surface area contributed by atoms with Crippen LogP contribution in [0.1, 0.15) is 18.0 Å². The van der Waals surface area contributed by atoms with Crippen LogP contribution in [0.4, 0.5) is 0 Å². The van der Waals surface area contributed by atoms with Gasteiger partial charge in [0, 0.05) is 11.4 Å². The van der Waals surface area contributed by atoms with Crippen LogP contribution >= 0.6 is 11.6 Å². The molecule has 4 nitrogen and oxygen atoms in total. The van der Waals surface area contributed by atoms with Gasteiger partial charge in [0.2, 0.25) is 0 Å². The first-order valence-corrected chi connectivity index (χ1v) is 7.03. The van der Waals surface area contributed by atoms with Gasteiger partial charge in [-0.25, -0.2) is 4.98 Å². The van der Waals surface area contributed by atoms with Crippen LogP contribution in [0.15, 0.2) is 41.0 Å². The van der Waals surface area contributed by atoms with Gasteiger partial charge in [0.25, 0.3) is 0 Å². The molecule has 0 bridgehead atoms. The molecule has 0 saturated heterocycles. The number of aromatic nitrogens is 2. The standard InChI is InChI=1S/C15H16ClN3O/c16-11-5-6-14-13(9-11)18-15(4-1-7-17)19(14)10-12-3-2-8-20-12/h2-3,5-6,8-9H,1,4,7,10,17H2. The molecule has 2 heterocycles. The third-order valence-electron chi connectivity index (χ3n) is 3.29. The van der Waals surface area contributed by atoms with Crippen molar-refractivity contribution in [2.75, 3.05) is 6.54 Å². The summed E-state index contributed by atoms with van der Waals surface area (Å²) >= 11 is 6.04. The largest absolute Gasteiger partial charge is 0.467 e. The van der Waals surface area contributed by atoms with E-state index in [-0.39, 0.29) is 0 Å². The second kappa shape index (κ2) is 5.69. The van der Waals surface area contributed by atoms with Gasteiger partial charge in [-0.3, -0.25) is 0 Å². The van der Waals surface area contributed by atoms with E-state index in [0.717, 1.165) is 35.5 Å². The maximum atomic E-state index is 6.04. The van der Waals surface area contributed by atoms with E-state index in [2.05, 4.69) is 9.55 Å². The topological polar surface area (TPSA) is 57.0 Å². The van der Waals surface area contributed by atoms with Crippen LogP contribution in [0.5, 0.6) is 0 Å². The predicted octanol–water partition coefficient (Wildman–Crippen LogP) is 3.22. The summed E-state index contributed by atoms with van der Waals surface area (Å²) in [5.41, 5.74) is 7.58. The molecule has 0 aliphatic carbocycles. The Balaban J connectivity index is 2.05. The number of benzene rings is 1. The Morgan fingerprint density at radius 3 is 2.95 bits per heavy atom. The van der Waals surface area contributed by atoms with Gasteiger partial charge in [0.1, 0.15) is 11.6 Å². The molecular weight excluding hydrogens is 274 g/mol. The molecule has 3 rings (SSSR count). The minimum atomic E-state index is 0.657. The summed E-state index contributed by atoms with van der Waals surface area (Å²) in [7, 11) is 0. The molecule has 0 fully saturated rings. The van der Waals surface area contributed by atoms with E-state index >= 15 is 0 Å². The van der Waals surface area contributed by atoms with E-state index < -0.39 is 0 Å². The van der Waals surface area contributed by atoms with Crippen molar-refractivity contribution in [1.82, 2.24) is 9.55 Å². The summed E-state index contributed by atoms with van der Waals surface area (Å²) in [6, 6.07) is 9.64. The highest BCUT2D eigenvalue weighted by Crippen LogP contribution is 2.22. The Labute approximate surface area is 122 Å².